The molecule has 1 amide bonds. The lowest BCUT2D eigenvalue weighted by molar-refractivity contribution is 0.0317. The Kier molecular flexibility index (Phi) is 4.04. The number of nitrogen functional groups attached to an aromatic ring is 1. The molecule has 2 aliphatic heterocycles. The van der Waals surface area contributed by atoms with Crippen LogP contribution in [0.1, 0.15) is 29.6 Å². The largest absolute Gasteiger partial charge is 0.397 e. The summed E-state index contributed by atoms with van der Waals surface area (Å²) in [5.41, 5.74) is 6.60. The quantitative estimate of drug-likeness (QED) is 0.805. The maximum Gasteiger partial charge on any atom is 0.257 e. The fourth-order valence-corrected chi connectivity index (χ4v) is 3.81. The van der Waals surface area contributed by atoms with Gasteiger partial charge >= 0.3 is 0 Å². The molecule has 3 rings (SSSR count). The van der Waals surface area contributed by atoms with Crippen molar-refractivity contribution in [3.63, 3.8) is 0 Å². The highest BCUT2D eigenvalue weighted by Crippen LogP contribution is 2.30. The highest BCUT2D eigenvalue weighted by molar-refractivity contribution is 6.32. The molecule has 21 heavy (non-hydrogen) atoms. The van der Waals surface area contributed by atoms with Gasteiger partial charge in [-0.15, -0.1) is 0 Å². The number of carbonyl (C=O) groups excluding carboxylic acids is 1. The highest BCUT2D eigenvalue weighted by Gasteiger charge is 2.36. The van der Waals surface area contributed by atoms with Crippen LogP contribution in [0.2, 0.25) is 5.15 Å². The molecule has 2 saturated heterocycles. The van der Waals surface area contributed by atoms with Crippen molar-refractivity contribution in [2.75, 3.05) is 32.4 Å². The van der Waals surface area contributed by atoms with E-state index in [1.807, 2.05) is 4.90 Å². The topological polar surface area (TPSA) is 62.5 Å². The standard InChI is InChI=1S/C15H21ClN4O/c1-19-5-2-3-10-9-20(6-4-13(10)19)15(21)12-7-11(17)8-18-14(12)16/h7-8,10,13H,2-6,9,17H2,1H3. The number of pyridine rings is 1. The molecule has 0 saturated carbocycles. The lowest BCUT2D eigenvalue weighted by atomic mass is 9.84. The monoisotopic (exact) mass is 308 g/mol. The van der Waals surface area contributed by atoms with Crippen LogP contribution in [0.4, 0.5) is 5.69 Å². The Labute approximate surface area is 130 Å². The second kappa shape index (κ2) is 5.81. The van der Waals surface area contributed by atoms with Gasteiger partial charge in [0.15, 0.2) is 0 Å². The number of hydrogen-bond donors (Lipinski definition) is 1. The van der Waals surface area contributed by atoms with Crippen LogP contribution in [-0.2, 0) is 0 Å². The Hall–Kier alpha value is -1.33. The van der Waals surface area contributed by atoms with E-state index < -0.39 is 0 Å². The van der Waals surface area contributed by atoms with Crippen molar-refractivity contribution >= 4 is 23.2 Å². The Balaban J connectivity index is 1.76. The SMILES string of the molecule is CN1CCCC2CN(C(=O)c3cc(N)cnc3Cl)CCC21. The van der Waals surface area contributed by atoms with Crippen LogP contribution in [0.5, 0.6) is 0 Å². The summed E-state index contributed by atoms with van der Waals surface area (Å²) in [6.45, 7) is 2.74. The van der Waals surface area contributed by atoms with E-state index in [1.54, 1.807) is 6.07 Å². The van der Waals surface area contributed by atoms with Gasteiger partial charge < -0.3 is 15.5 Å². The van der Waals surface area contributed by atoms with Gasteiger partial charge in [0.2, 0.25) is 0 Å². The molecule has 2 unspecified atom stereocenters. The van der Waals surface area contributed by atoms with E-state index in [2.05, 4.69) is 16.9 Å². The van der Waals surface area contributed by atoms with Crippen LogP contribution in [0, 0.1) is 5.92 Å². The molecule has 2 N–H and O–H groups in total. The van der Waals surface area contributed by atoms with Gasteiger partial charge in [0.05, 0.1) is 17.4 Å². The lowest BCUT2D eigenvalue weighted by Crippen LogP contribution is -2.53. The summed E-state index contributed by atoms with van der Waals surface area (Å²) in [7, 11) is 2.19. The van der Waals surface area contributed by atoms with Crippen molar-refractivity contribution in [2.45, 2.75) is 25.3 Å². The number of anilines is 1. The number of likely N-dealkylation sites (tertiary alicyclic amines) is 2. The molecule has 0 radical (unpaired) electrons. The van der Waals surface area contributed by atoms with E-state index in [4.69, 9.17) is 17.3 Å². The second-order valence-corrected chi connectivity index (χ2v) is 6.46. The zero-order valence-electron chi connectivity index (χ0n) is 12.3. The minimum absolute atomic E-state index is 0.0496. The first-order valence-electron chi connectivity index (χ1n) is 7.47. The number of hydrogen-bond acceptors (Lipinski definition) is 4. The van der Waals surface area contributed by atoms with Gasteiger partial charge in [-0.05, 0) is 44.8 Å². The minimum atomic E-state index is -0.0496. The molecule has 2 fully saturated rings. The predicted molar refractivity (Wildman–Crippen MR) is 83.3 cm³/mol. The summed E-state index contributed by atoms with van der Waals surface area (Å²) in [6, 6.07) is 2.23. The molecule has 2 aliphatic rings. The number of halogens is 1. The Morgan fingerprint density at radius 2 is 2.24 bits per heavy atom. The van der Waals surface area contributed by atoms with Gasteiger partial charge in [-0.2, -0.15) is 0 Å². The van der Waals surface area contributed by atoms with Crippen molar-refractivity contribution in [2.24, 2.45) is 5.92 Å². The lowest BCUT2D eigenvalue weighted by Gasteiger charge is -2.46. The predicted octanol–water partition coefficient (Wildman–Crippen LogP) is 1.87. The third-order valence-electron chi connectivity index (χ3n) is 4.72. The van der Waals surface area contributed by atoms with Crippen LogP contribution < -0.4 is 5.73 Å². The molecule has 6 heteroatoms. The van der Waals surface area contributed by atoms with E-state index in [9.17, 15) is 4.79 Å². The van der Waals surface area contributed by atoms with Crippen LogP contribution in [0.15, 0.2) is 12.3 Å². The molecule has 0 spiro atoms. The van der Waals surface area contributed by atoms with Crippen LogP contribution in [-0.4, -0.2) is 53.4 Å². The summed E-state index contributed by atoms with van der Waals surface area (Å²) < 4.78 is 0. The van der Waals surface area contributed by atoms with Crippen molar-refractivity contribution in [3.8, 4) is 0 Å². The molecule has 3 heterocycles. The fourth-order valence-electron chi connectivity index (χ4n) is 3.62. The van der Waals surface area contributed by atoms with E-state index in [0.29, 0.717) is 23.2 Å². The summed E-state index contributed by atoms with van der Waals surface area (Å²) in [5.74, 6) is 0.515. The molecular formula is C15H21ClN4O. The van der Waals surface area contributed by atoms with Gasteiger partial charge in [-0.1, -0.05) is 11.6 Å². The van der Waals surface area contributed by atoms with Gasteiger partial charge in [-0.25, -0.2) is 4.98 Å². The van der Waals surface area contributed by atoms with Crippen LogP contribution in [0.25, 0.3) is 0 Å². The zero-order valence-corrected chi connectivity index (χ0v) is 13.0. The van der Waals surface area contributed by atoms with Gasteiger partial charge in [0, 0.05) is 19.1 Å². The molecule has 0 bridgehead atoms. The number of carbonyl (C=O) groups is 1. The molecule has 2 atom stereocenters. The van der Waals surface area contributed by atoms with Gasteiger partial charge in [0.1, 0.15) is 5.15 Å². The van der Waals surface area contributed by atoms with Gasteiger partial charge in [0.25, 0.3) is 5.91 Å². The number of piperidine rings is 2. The first-order chi connectivity index (χ1) is 10.1. The van der Waals surface area contributed by atoms with E-state index in [1.165, 1.54) is 25.6 Å². The molecule has 1 aromatic heterocycles. The first kappa shape index (κ1) is 14.6. The van der Waals surface area contributed by atoms with Crippen LogP contribution >= 0.6 is 11.6 Å². The maximum atomic E-state index is 12.7. The summed E-state index contributed by atoms with van der Waals surface area (Å²) >= 11 is 6.05. The molecular weight excluding hydrogens is 288 g/mol. The number of aromatic nitrogens is 1. The average molecular weight is 309 g/mol. The Morgan fingerprint density at radius 3 is 3.05 bits per heavy atom. The van der Waals surface area contributed by atoms with Crippen molar-refractivity contribution in [3.05, 3.63) is 23.0 Å². The van der Waals surface area contributed by atoms with Crippen molar-refractivity contribution in [1.29, 1.82) is 0 Å². The molecule has 0 aliphatic carbocycles. The van der Waals surface area contributed by atoms with Gasteiger partial charge in [-0.3, -0.25) is 4.79 Å². The Morgan fingerprint density at radius 1 is 1.43 bits per heavy atom. The number of fused-ring (bicyclic) bond motifs is 1. The first-order valence-corrected chi connectivity index (χ1v) is 7.84. The summed E-state index contributed by atoms with van der Waals surface area (Å²) in [5, 5.41) is 0.233. The average Bonchev–Trinajstić information content (AvgIpc) is 2.49. The zero-order chi connectivity index (χ0) is 15.0. The number of amides is 1. The molecule has 1 aromatic rings. The van der Waals surface area contributed by atoms with Crippen molar-refractivity contribution in [1.82, 2.24) is 14.8 Å². The van der Waals surface area contributed by atoms with E-state index >= 15 is 0 Å². The van der Waals surface area contributed by atoms with Crippen molar-refractivity contribution < 1.29 is 4.79 Å². The third kappa shape index (κ3) is 2.85. The third-order valence-corrected chi connectivity index (χ3v) is 5.02. The maximum absolute atomic E-state index is 12.7. The highest BCUT2D eigenvalue weighted by atomic mass is 35.5. The number of rotatable bonds is 1. The molecule has 5 nitrogen and oxygen atoms in total. The summed E-state index contributed by atoms with van der Waals surface area (Å²) in [4.78, 5) is 21.0. The fraction of sp³-hybridized carbons (Fsp3) is 0.600. The van der Waals surface area contributed by atoms with E-state index in [-0.39, 0.29) is 11.1 Å². The summed E-state index contributed by atoms with van der Waals surface area (Å²) in [6.07, 6.45) is 4.91. The molecule has 0 aromatic carbocycles. The van der Waals surface area contributed by atoms with Crippen LogP contribution in [0.3, 0.4) is 0 Å². The molecule has 114 valence electrons. The number of nitrogens with zero attached hydrogens (tertiary/aromatic N) is 3. The smallest absolute Gasteiger partial charge is 0.257 e. The second-order valence-electron chi connectivity index (χ2n) is 6.10. The normalized spacial score (nSPS) is 26.5. The number of nitrogens with two attached hydrogens (primary N) is 1. The Bertz CT molecular complexity index is 550. The van der Waals surface area contributed by atoms with E-state index in [0.717, 1.165) is 19.5 Å². The minimum Gasteiger partial charge on any atom is -0.397 e.